The van der Waals surface area contributed by atoms with E-state index < -0.39 is 0 Å². The Morgan fingerprint density at radius 2 is 2.42 bits per heavy atom. The minimum Gasteiger partial charge on any atom is -0.269 e. The maximum Gasteiger partial charge on any atom is 0.0428 e. The smallest absolute Gasteiger partial charge is 0.0428 e. The predicted octanol–water partition coefficient (Wildman–Crippen LogP) is 4.32. The van der Waals surface area contributed by atoms with Gasteiger partial charge in [-0.05, 0) is 30.4 Å². The first kappa shape index (κ1) is 15.2. The summed E-state index contributed by atoms with van der Waals surface area (Å²) in [4.78, 5) is 8.50. The molecule has 0 aliphatic carbocycles. The number of terminal acetylenes is 1. The van der Waals surface area contributed by atoms with Gasteiger partial charge in [-0.15, -0.1) is 12.3 Å². The molecule has 0 spiro atoms. The number of rotatable bonds is 7. The van der Waals surface area contributed by atoms with Gasteiger partial charge in [0.05, 0.1) is 0 Å². The number of aliphatic imine (C=N–C) groups is 2. The minimum atomic E-state index is 0.382. The summed E-state index contributed by atoms with van der Waals surface area (Å²) in [6, 6.07) is 0. The van der Waals surface area contributed by atoms with Crippen molar-refractivity contribution in [1.29, 1.82) is 0 Å². The third kappa shape index (κ3) is 5.52. The molecule has 19 heavy (non-hydrogen) atoms. The highest BCUT2D eigenvalue weighted by Gasteiger charge is 2.08. The first-order valence-electron chi connectivity index (χ1n) is 6.68. The van der Waals surface area contributed by atoms with E-state index in [0.717, 1.165) is 31.4 Å². The Labute approximate surface area is 116 Å². The van der Waals surface area contributed by atoms with Gasteiger partial charge in [0.15, 0.2) is 0 Å². The molecule has 0 amide bonds. The van der Waals surface area contributed by atoms with Gasteiger partial charge in [-0.3, -0.25) is 9.98 Å². The molecule has 0 radical (unpaired) electrons. The Morgan fingerprint density at radius 3 is 2.95 bits per heavy atom. The third-order valence-electron chi connectivity index (χ3n) is 2.94. The van der Waals surface area contributed by atoms with Crippen LogP contribution in [0.2, 0.25) is 0 Å². The number of nitrogens with zero attached hydrogens (tertiary/aromatic N) is 2. The maximum atomic E-state index is 5.37. The van der Waals surface area contributed by atoms with Crippen molar-refractivity contribution in [3.8, 4) is 12.3 Å². The zero-order valence-electron chi connectivity index (χ0n) is 11.9. The van der Waals surface area contributed by atoms with Crippen LogP contribution in [-0.2, 0) is 0 Å². The van der Waals surface area contributed by atoms with Crippen molar-refractivity contribution >= 4 is 11.9 Å². The highest BCUT2D eigenvalue weighted by molar-refractivity contribution is 5.97. The van der Waals surface area contributed by atoms with Crippen LogP contribution in [0.4, 0.5) is 0 Å². The van der Waals surface area contributed by atoms with Gasteiger partial charge in [-0.2, -0.15) is 0 Å². The molecule has 1 aliphatic heterocycles. The van der Waals surface area contributed by atoms with Gasteiger partial charge < -0.3 is 0 Å². The fourth-order valence-electron chi connectivity index (χ4n) is 1.90. The van der Waals surface area contributed by atoms with Crippen LogP contribution < -0.4 is 0 Å². The van der Waals surface area contributed by atoms with E-state index in [9.17, 15) is 0 Å². The maximum absolute atomic E-state index is 5.37. The van der Waals surface area contributed by atoms with Crippen molar-refractivity contribution in [1.82, 2.24) is 0 Å². The second-order valence-corrected chi connectivity index (χ2v) is 4.90. The number of allylic oxidation sites excluding steroid dienone is 3. The molecule has 0 N–H and O–H groups in total. The highest BCUT2D eigenvalue weighted by Crippen LogP contribution is 2.21. The predicted molar refractivity (Wildman–Crippen MR) is 84.4 cm³/mol. The Kier molecular flexibility index (Phi) is 6.60. The Morgan fingerprint density at radius 1 is 1.63 bits per heavy atom. The molecule has 2 nitrogen and oxygen atoms in total. The SMILES string of the molecule is C#CCC/C(=C/C(=NC=C)C(C)C)CC1=CN=CC1. The molecule has 0 atom stereocenters. The Bertz CT molecular complexity index is 468. The van der Waals surface area contributed by atoms with Gasteiger partial charge in [-0.25, -0.2) is 0 Å². The lowest BCUT2D eigenvalue weighted by Gasteiger charge is -2.10. The summed E-state index contributed by atoms with van der Waals surface area (Å²) < 4.78 is 0. The second kappa shape index (κ2) is 8.26. The lowest BCUT2D eigenvalue weighted by atomic mass is 9.96. The molecule has 100 valence electrons. The largest absolute Gasteiger partial charge is 0.269 e. The Hall–Kier alpha value is -1.88. The van der Waals surface area contributed by atoms with E-state index in [0.29, 0.717) is 5.92 Å². The summed E-state index contributed by atoms with van der Waals surface area (Å²) in [5.74, 6) is 3.09. The lowest BCUT2D eigenvalue weighted by Crippen LogP contribution is -2.05. The van der Waals surface area contributed by atoms with Crippen LogP contribution in [0.25, 0.3) is 0 Å². The number of hydrogen-bond donors (Lipinski definition) is 0. The molecule has 0 aromatic heterocycles. The van der Waals surface area contributed by atoms with Gasteiger partial charge in [0.2, 0.25) is 0 Å². The summed E-state index contributed by atoms with van der Waals surface area (Å²) in [6.07, 6.45) is 16.6. The van der Waals surface area contributed by atoms with Crippen LogP contribution in [0.5, 0.6) is 0 Å². The molecule has 1 aliphatic rings. The molecule has 1 rings (SSSR count). The topological polar surface area (TPSA) is 24.7 Å². The Balaban J connectivity index is 2.84. The van der Waals surface area contributed by atoms with Crippen molar-refractivity contribution in [2.75, 3.05) is 0 Å². The van der Waals surface area contributed by atoms with E-state index in [2.05, 4.69) is 42.4 Å². The monoisotopic (exact) mass is 254 g/mol. The third-order valence-corrected chi connectivity index (χ3v) is 2.94. The van der Waals surface area contributed by atoms with Gasteiger partial charge in [0, 0.05) is 37.2 Å². The first-order chi connectivity index (χ1) is 9.17. The van der Waals surface area contributed by atoms with Crippen LogP contribution in [0.3, 0.4) is 0 Å². The lowest BCUT2D eigenvalue weighted by molar-refractivity contribution is 0.878. The summed E-state index contributed by atoms with van der Waals surface area (Å²) in [6.45, 7) is 7.94. The minimum absolute atomic E-state index is 0.382. The van der Waals surface area contributed by atoms with Crippen molar-refractivity contribution in [3.05, 3.63) is 36.2 Å². The van der Waals surface area contributed by atoms with E-state index >= 15 is 0 Å². The zero-order valence-corrected chi connectivity index (χ0v) is 11.9. The second-order valence-electron chi connectivity index (χ2n) is 4.90. The zero-order chi connectivity index (χ0) is 14.1. The van der Waals surface area contributed by atoms with Crippen molar-refractivity contribution < 1.29 is 0 Å². The summed E-state index contributed by atoms with van der Waals surface area (Å²) in [7, 11) is 0. The molecule has 0 aromatic carbocycles. The van der Waals surface area contributed by atoms with E-state index in [1.54, 1.807) is 6.20 Å². The van der Waals surface area contributed by atoms with Crippen molar-refractivity contribution in [2.45, 2.75) is 39.5 Å². The van der Waals surface area contributed by atoms with Crippen LogP contribution in [0.1, 0.15) is 39.5 Å². The quantitative estimate of drug-likeness (QED) is 0.477. The number of hydrogen-bond acceptors (Lipinski definition) is 2. The molecular formula is C17H22N2. The standard InChI is InChI=1S/C17H22N2/c1-5-7-8-15(11-16-9-10-18-13-16)12-17(14(3)4)19-6-2/h1,6,10,12-14H,2,7-9,11H2,3-4H3/b15-12-,19-17?. The molecule has 0 fully saturated rings. The molecule has 0 unspecified atom stereocenters. The van der Waals surface area contributed by atoms with Crippen molar-refractivity contribution in [2.24, 2.45) is 15.9 Å². The van der Waals surface area contributed by atoms with Crippen LogP contribution >= 0.6 is 0 Å². The van der Waals surface area contributed by atoms with E-state index in [1.165, 1.54) is 11.1 Å². The average molecular weight is 254 g/mol. The van der Waals surface area contributed by atoms with Crippen LogP contribution in [0.15, 0.2) is 46.2 Å². The van der Waals surface area contributed by atoms with Crippen molar-refractivity contribution in [3.63, 3.8) is 0 Å². The average Bonchev–Trinajstić information content (AvgIpc) is 2.87. The first-order valence-corrected chi connectivity index (χ1v) is 6.68. The van der Waals surface area contributed by atoms with Gasteiger partial charge in [-0.1, -0.05) is 26.0 Å². The normalized spacial score (nSPS) is 15.6. The van der Waals surface area contributed by atoms with E-state index in [1.807, 2.05) is 12.4 Å². The fraction of sp³-hybridized carbons (Fsp3) is 0.412. The molecule has 2 heteroatoms. The van der Waals surface area contributed by atoms with Gasteiger partial charge in [0.1, 0.15) is 0 Å². The molecule has 0 saturated heterocycles. The summed E-state index contributed by atoms with van der Waals surface area (Å²) in [5.41, 5.74) is 3.72. The van der Waals surface area contributed by atoms with Gasteiger partial charge in [0.25, 0.3) is 0 Å². The van der Waals surface area contributed by atoms with E-state index in [4.69, 9.17) is 6.42 Å². The molecule has 0 aromatic rings. The van der Waals surface area contributed by atoms with Gasteiger partial charge >= 0.3 is 0 Å². The molecule has 0 bridgehead atoms. The highest BCUT2D eigenvalue weighted by atomic mass is 14.7. The molecule has 1 heterocycles. The summed E-state index contributed by atoms with van der Waals surface area (Å²) >= 11 is 0. The fourth-order valence-corrected chi connectivity index (χ4v) is 1.90. The van der Waals surface area contributed by atoms with E-state index in [-0.39, 0.29) is 0 Å². The van der Waals surface area contributed by atoms with Crippen LogP contribution in [-0.4, -0.2) is 11.9 Å². The van der Waals surface area contributed by atoms with Crippen LogP contribution in [0, 0.1) is 18.3 Å². The molecular weight excluding hydrogens is 232 g/mol. The summed E-state index contributed by atoms with van der Waals surface area (Å²) in [5, 5.41) is 0. The molecule has 0 saturated carbocycles.